The maximum absolute atomic E-state index is 13.6. The predicted octanol–water partition coefficient (Wildman–Crippen LogP) is 2.40. The lowest BCUT2D eigenvalue weighted by Gasteiger charge is -2.37. The second kappa shape index (κ2) is 6.32. The third kappa shape index (κ3) is 2.86. The van der Waals surface area contributed by atoms with Crippen molar-refractivity contribution in [1.82, 2.24) is 10.6 Å². The summed E-state index contributed by atoms with van der Waals surface area (Å²) in [6.45, 7) is 1.98. The van der Waals surface area contributed by atoms with Gasteiger partial charge >= 0.3 is 0 Å². The van der Waals surface area contributed by atoms with Gasteiger partial charge in [0.1, 0.15) is 11.6 Å². The first kappa shape index (κ1) is 15.4. The number of benzene rings is 1. The summed E-state index contributed by atoms with van der Waals surface area (Å²) in [5.41, 5.74) is 0.0150. The van der Waals surface area contributed by atoms with Crippen LogP contribution in [0.1, 0.15) is 31.2 Å². The van der Waals surface area contributed by atoms with Crippen molar-refractivity contribution in [1.29, 1.82) is 0 Å². The Labute approximate surface area is 129 Å². The molecule has 2 aliphatic rings. The van der Waals surface area contributed by atoms with E-state index in [1.165, 1.54) is 12.5 Å². The summed E-state index contributed by atoms with van der Waals surface area (Å²) in [5.74, 6) is -0.397. The van der Waals surface area contributed by atoms with Crippen molar-refractivity contribution in [2.45, 2.75) is 32.1 Å². The van der Waals surface area contributed by atoms with Gasteiger partial charge in [-0.1, -0.05) is 12.8 Å². The molecule has 1 aliphatic carbocycles. The molecule has 1 aliphatic heterocycles. The fraction of sp³-hybridized carbons (Fsp3) is 0.588. The Kier molecular flexibility index (Phi) is 4.43. The molecule has 0 aromatic heterocycles. The summed E-state index contributed by atoms with van der Waals surface area (Å²) in [6.07, 6.45) is 4.60. The van der Waals surface area contributed by atoms with E-state index in [1.807, 2.05) is 0 Å². The van der Waals surface area contributed by atoms with Gasteiger partial charge in [0.2, 0.25) is 5.91 Å². The highest BCUT2D eigenvalue weighted by molar-refractivity contribution is 5.83. The van der Waals surface area contributed by atoms with Gasteiger partial charge < -0.3 is 10.6 Å². The summed E-state index contributed by atoms with van der Waals surface area (Å²) in [4.78, 5) is 12.6. The van der Waals surface area contributed by atoms with Crippen LogP contribution in [0.15, 0.2) is 18.2 Å². The predicted molar refractivity (Wildman–Crippen MR) is 80.3 cm³/mol. The molecule has 1 aromatic carbocycles. The van der Waals surface area contributed by atoms with E-state index in [-0.39, 0.29) is 11.3 Å². The summed E-state index contributed by atoms with van der Waals surface area (Å²) in [7, 11) is 0. The van der Waals surface area contributed by atoms with E-state index >= 15 is 0 Å². The van der Waals surface area contributed by atoms with E-state index in [1.54, 1.807) is 0 Å². The maximum Gasteiger partial charge on any atom is 0.227 e. The molecule has 1 aromatic rings. The zero-order valence-corrected chi connectivity index (χ0v) is 12.6. The lowest BCUT2D eigenvalue weighted by Crippen LogP contribution is -2.48. The number of halogens is 2. The Morgan fingerprint density at radius 1 is 1.36 bits per heavy atom. The van der Waals surface area contributed by atoms with Crippen LogP contribution in [-0.2, 0) is 11.2 Å². The van der Waals surface area contributed by atoms with Crippen molar-refractivity contribution in [2.75, 3.05) is 19.6 Å². The van der Waals surface area contributed by atoms with Gasteiger partial charge in [-0.2, -0.15) is 0 Å². The largest absolute Gasteiger partial charge is 0.355 e. The molecule has 2 N–H and O–H groups in total. The Hall–Kier alpha value is -1.49. The maximum atomic E-state index is 13.6. The third-order valence-electron chi connectivity index (χ3n) is 5.18. The van der Waals surface area contributed by atoms with Gasteiger partial charge in [0, 0.05) is 13.1 Å². The van der Waals surface area contributed by atoms with Crippen LogP contribution in [0.5, 0.6) is 0 Å². The fourth-order valence-corrected chi connectivity index (χ4v) is 3.91. The molecule has 120 valence electrons. The van der Waals surface area contributed by atoms with Crippen LogP contribution in [0.25, 0.3) is 0 Å². The van der Waals surface area contributed by atoms with Gasteiger partial charge in [-0.05, 0) is 55.5 Å². The molecule has 5 heteroatoms. The Morgan fingerprint density at radius 3 is 3.09 bits per heavy atom. The minimum absolute atomic E-state index is 0.0685. The summed E-state index contributed by atoms with van der Waals surface area (Å²) in [5, 5.41) is 6.28. The fourth-order valence-electron chi connectivity index (χ4n) is 3.91. The molecule has 2 atom stereocenters. The molecule has 0 spiro atoms. The van der Waals surface area contributed by atoms with E-state index in [2.05, 4.69) is 10.6 Å². The third-order valence-corrected chi connectivity index (χ3v) is 5.18. The smallest absolute Gasteiger partial charge is 0.227 e. The summed E-state index contributed by atoms with van der Waals surface area (Å²) in [6, 6.07) is 3.43. The average Bonchev–Trinajstić information content (AvgIpc) is 2.96. The van der Waals surface area contributed by atoms with Crippen molar-refractivity contribution in [3.63, 3.8) is 0 Å². The van der Waals surface area contributed by atoms with E-state index in [9.17, 15) is 13.6 Å². The molecule has 1 saturated heterocycles. The molecule has 3 rings (SSSR count). The monoisotopic (exact) mass is 308 g/mol. The highest BCUT2D eigenvalue weighted by atomic mass is 19.1. The van der Waals surface area contributed by atoms with Crippen LogP contribution in [0.4, 0.5) is 8.78 Å². The number of carbonyl (C=O) groups is 1. The van der Waals surface area contributed by atoms with E-state index in [0.717, 1.165) is 44.5 Å². The number of amides is 1. The molecule has 0 bridgehead atoms. The molecule has 3 nitrogen and oxygen atoms in total. The van der Waals surface area contributed by atoms with Gasteiger partial charge in [0.05, 0.1) is 5.41 Å². The standard InChI is InChI=1S/C17H22F2N2O/c18-14-4-5-15(19)12(9-14)6-8-21-16(22)17-7-2-1-3-13(17)10-20-11-17/h4-5,9,13,20H,1-3,6-8,10-11H2,(H,21,22)/t13-,17+/m0/s1. The molecule has 2 fully saturated rings. The van der Waals surface area contributed by atoms with Gasteiger partial charge in [0.15, 0.2) is 0 Å². The highest BCUT2D eigenvalue weighted by Gasteiger charge is 2.49. The lowest BCUT2D eigenvalue weighted by atomic mass is 9.67. The van der Waals surface area contributed by atoms with Crippen molar-refractivity contribution < 1.29 is 13.6 Å². The zero-order chi connectivity index (χ0) is 15.6. The number of rotatable bonds is 4. The quantitative estimate of drug-likeness (QED) is 0.897. The number of fused-ring (bicyclic) bond motifs is 1. The summed E-state index contributed by atoms with van der Waals surface area (Å²) < 4.78 is 26.7. The first-order chi connectivity index (χ1) is 10.6. The van der Waals surface area contributed by atoms with Crippen LogP contribution in [0.3, 0.4) is 0 Å². The summed E-state index contributed by atoms with van der Waals surface area (Å²) >= 11 is 0. The first-order valence-electron chi connectivity index (χ1n) is 8.05. The van der Waals surface area contributed by atoms with Crippen LogP contribution < -0.4 is 10.6 Å². The van der Waals surface area contributed by atoms with Crippen LogP contribution >= 0.6 is 0 Å². The molecule has 0 unspecified atom stereocenters. The Balaban J connectivity index is 1.59. The molecule has 1 saturated carbocycles. The molecule has 1 heterocycles. The zero-order valence-electron chi connectivity index (χ0n) is 12.6. The average molecular weight is 308 g/mol. The molecular weight excluding hydrogens is 286 g/mol. The number of nitrogens with one attached hydrogen (secondary N) is 2. The molecule has 22 heavy (non-hydrogen) atoms. The number of hydrogen-bond donors (Lipinski definition) is 2. The van der Waals surface area contributed by atoms with Crippen molar-refractivity contribution in [2.24, 2.45) is 11.3 Å². The lowest BCUT2D eigenvalue weighted by molar-refractivity contribution is -0.133. The van der Waals surface area contributed by atoms with Gasteiger partial charge in [-0.25, -0.2) is 8.78 Å². The topological polar surface area (TPSA) is 41.1 Å². The minimum Gasteiger partial charge on any atom is -0.355 e. The van der Waals surface area contributed by atoms with Crippen molar-refractivity contribution in [3.05, 3.63) is 35.4 Å². The second-order valence-electron chi connectivity index (χ2n) is 6.47. The molecule has 0 radical (unpaired) electrons. The van der Waals surface area contributed by atoms with Crippen LogP contribution in [0.2, 0.25) is 0 Å². The van der Waals surface area contributed by atoms with Crippen molar-refractivity contribution in [3.8, 4) is 0 Å². The van der Waals surface area contributed by atoms with Crippen LogP contribution in [-0.4, -0.2) is 25.5 Å². The number of hydrogen-bond acceptors (Lipinski definition) is 2. The van der Waals surface area contributed by atoms with E-state index in [0.29, 0.717) is 24.4 Å². The van der Waals surface area contributed by atoms with E-state index < -0.39 is 11.6 Å². The highest BCUT2D eigenvalue weighted by Crippen LogP contribution is 2.43. The normalized spacial score (nSPS) is 27.5. The first-order valence-corrected chi connectivity index (χ1v) is 8.05. The van der Waals surface area contributed by atoms with E-state index in [4.69, 9.17) is 0 Å². The van der Waals surface area contributed by atoms with Crippen molar-refractivity contribution >= 4 is 5.91 Å². The molecule has 1 amide bonds. The van der Waals surface area contributed by atoms with Gasteiger partial charge in [-0.3, -0.25) is 4.79 Å². The Morgan fingerprint density at radius 2 is 2.23 bits per heavy atom. The van der Waals surface area contributed by atoms with Gasteiger partial charge in [0.25, 0.3) is 0 Å². The SMILES string of the molecule is O=C(NCCc1cc(F)ccc1F)[C@@]12CCCC[C@H]1CNC2. The second-order valence-corrected chi connectivity index (χ2v) is 6.47. The molecular formula is C17H22F2N2O. The van der Waals surface area contributed by atoms with Crippen LogP contribution in [0, 0.1) is 23.0 Å². The Bertz CT molecular complexity index is 564. The minimum atomic E-state index is -0.450. The number of carbonyl (C=O) groups excluding carboxylic acids is 1. The van der Waals surface area contributed by atoms with Gasteiger partial charge in [-0.15, -0.1) is 0 Å².